The van der Waals surface area contributed by atoms with Gasteiger partial charge in [-0.2, -0.15) is 0 Å². The van der Waals surface area contributed by atoms with Gasteiger partial charge in [-0.15, -0.1) is 0 Å². The maximum atomic E-state index is 13.5. The second-order valence-corrected chi connectivity index (χ2v) is 11.6. The number of phosphoric acid groups is 1. The molecule has 4 aliphatic carbocycles. The summed E-state index contributed by atoms with van der Waals surface area (Å²) in [5.41, 5.74) is -3.48. The average Bonchev–Trinajstić information content (AvgIpc) is 2.74. The van der Waals surface area contributed by atoms with Crippen molar-refractivity contribution < 1.29 is 103 Å². The summed E-state index contributed by atoms with van der Waals surface area (Å²) in [6.45, 7) is 7.46. The van der Waals surface area contributed by atoms with E-state index in [1.807, 2.05) is 13.8 Å². The van der Waals surface area contributed by atoms with Crippen molar-refractivity contribution in [3.8, 4) is 0 Å². The monoisotopic (exact) mass is 488 g/mol. The Labute approximate surface area is 231 Å². The van der Waals surface area contributed by atoms with E-state index in [1.54, 1.807) is 0 Å². The number of ketones is 1. The third kappa shape index (κ3) is 3.05. The number of aliphatic hydroxyl groups is 3. The number of hydrogen-bond acceptors (Lipinski definition) is 9. The summed E-state index contributed by atoms with van der Waals surface area (Å²) < 4.78 is 22.4. The molecule has 4 bridgehead atoms. The minimum Gasteiger partial charge on any atom is -0.790 e. The van der Waals surface area contributed by atoms with Crippen LogP contribution in [0.25, 0.3) is 0 Å². The van der Waals surface area contributed by atoms with E-state index in [0.717, 1.165) is 0 Å². The Bertz CT molecular complexity index is 892. The van der Waals surface area contributed by atoms with Crippen molar-refractivity contribution in [3.63, 3.8) is 0 Å². The van der Waals surface area contributed by atoms with Gasteiger partial charge in [-0.05, 0) is 42.6 Å². The molecule has 6 rings (SSSR count). The van der Waals surface area contributed by atoms with Gasteiger partial charge in [-0.1, -0.05) is 20.4 Å². The molecule has 0 aromatic heterocycles. The quantitative estimate of drug-likeness (QED) is 0.195. The summed E-state index contributed by atoms with van der Waals surface area (Å²) >= 11 is 0. The molecule has 0 aromatic carbocycles. The van der Waals surface area contributed by atoms with Crippen LogP contribution in [0.2, 0.25) is 0 Å². The van der Waals surface area contributed by atoms with Gasteiger partial charge in [-0.3, -0.25) is 4.79 Å². The SMILES string of the molecule is C=C1C(=O)C23C(CCC1[C@H]2O)C12CO[C@@]3(O)[C@@H](O)C1C(C)(C)CC[C@@H]2OP(=O)([O-])[O-].[Na+].[Na+]. The summed E-state index contributed by atoms with van der Waals surface area (Å²) in [5.74, 6) is -4.89. The Morgan fingerprint density at radius 2 is 1.78 bits per heavy atom. The fourth-order valence-corrected chi connectivity index (χ4v) is 8.79. The molecule has 2 aliphatic heterocycles. The van der Waals surface area contributed by atoms with E-state index in [2.05, 4.69) is 6.58 Å². The third-order valence-electron chi connectivity index (χ3n) is 9.11. The van der Waals surface area contributed by atoms with E-state index in [-0.39, 0.29) is 77.7 Å². The Hall–Kier alpha value is 1.36. The Balaban J connectivity index is 0.00000144. The summed E-state index contributed by atoms with van der Waals surface area (Å²) in [4.78, 5) is 36.7. The predicted octanol–water partition coefficient (Wildman–Crippen LogP) is -6.76. The average molecular weight is 488 g/mol. The fraction of sp³-hybridized carbons (Fsp3) is 0.850. The van der Waals surface area contributed by atoms with Crippen LogP contribution in [0, 0.1) is 34.0 Å². The van der Waals surface area contributed by atoms with Gasteiger partial charge >= 0.3 is 59.1 Å². The molecule has 168 valence electrons. The van der Waals surface area contributed by atoms with Crippen LogP contribution in [0.5, 0.6) is 0 Å². The van der Waals surface area contributed by atoms with Gasteiger partial charge in [-0.25, -0.2) is 0 Å². The molecule has 6 fully saturated rings. The van der Waals surface area contributed by atoms with Gasteiger partial charge in [0.25, 0.3) is 0 Å². The number of carbonyl (C=O) groups excluding carboxylic acids is 1. The van der Waals surface area contributed by atoms with Crippen molar-refractivity contribution in [3.05, 3.63) is 12.2 Å². The molecule has 6 aliphatic rings. The van der Waals surface area contributed by atoms with Crippen molar-refractivity contribution in [2.24, 2.45) is 34.0 Å². The van der Waals surface area contributed by atoms with Crippen molar-refractivity contribution in [2.45, 2.75) is 63.6 Å². The number of ether oxygens (including phenoxy) is 1. The number of aliphatic hydroxyl groups excluding tert-OH is 2. The largest absolute Gasteiger partial charge is 1.00 e. The number of rotatable bonds is 2. The minimum absolute atomic E-state index is 0. The molecular formula is C20H27Na2O9P. The standard InChI is InChI=1S/C20H29O9P.2Na/c1-9-10-4-5-11-18-8-28-20(24,19(11,14(9)21)15(10)22)16(23)13(18)17(2,3)7-6-12(18)29-30(25,26)27;;/h10-13,15-16,22-24H,1,4-8H2,2-3H3,(H2,25,26,27);;/q;2*+1/p-2/t10?,11?,12-,13?,15+,16-,18?,19?,20-;;/m0../s1. The maximum absolute atomic E-state index is 13.5. The van der Waals surface area contributed by atoms with Gasteiger partial charge < -0.3 is 38.9 Å². The summed E-state index contributed by atoms with van der Waals surface area (Å²) in [6.07, 6.45) is -2.55. The zero-order valence-electron chi connectivity index (χ0n) is 18.9. The molecule has 2 heterocycles. The number of carbonyl (C=O) groups is 1. The van der Waals surface area contributed by atoms with Crippen LogP contribution >= 0.6 is 7.82 Å². The minimum atomic E-state index is -5.39. The molecule has 9 atom stereocenters. The summed E-state index contributed by atoms with van der Waals surface area (Å²) in [7, 11) is -5.39. The number of phosphoric ester groups is 1. The summed E-state index contributed by atoms with van der Waals surface area (Å²) in [5, 5.41) is 34.3. The van der Waals surface area contributed by atoms with Crippen LogP contribution in [0.3, 0.4) is 0 Å². The fourth-order valence-electron chi connectivity index (χ4n) is 8.18. The zero-order chi connectivity index (χ0) is 22.1. The van der Waals surface area contributed by atoms with Gasteiger partial charge in [0.1, 0.15) is 11.5 Å². The Morgan fingerprint density at radius 1 is 1.16 bits per heavy atom. The first-order valence-electron chi connectivity index (χ1n) is 10.4. The molecule has 32 heavy (non-hydrogen) atoms. The number of fused-ring (bicyclic) bond motifs is 2. The van der Waals surface area contributed by atoms with Crippen LogP contribution < -0.4 is 68.9 Å². The van der Waals surface area contributed by atoms with Crippen LogP contribution in [0.15, 0.2) is 12.2 Å². The molecular weight excluding hydrogens is 461 g/mol. The molecule has 3 N–H and O–H groups in total. The molecule has 5 unspecified atom stereocenters. The first-order valence-corrected chi connectivity index (χ1v) is 11.9. The Morgan fingerprint density at radius 3 is 2.38 bits per heavy atom. The van der Waals surface area contributed by atoms with Crippen molar-refractivity contribution in [1.29, 1.82) is 0 Å². The van der Waals surface area contributed by atoms with Gasteiger partial charge in [0.15, 0.2) is 5.78 Å². The van der Waals surface area contributed by atoms with Crippen molar-refractivity contribution in [1.82, 2.24) is 0 Å². The molecule has 0 amide bonds. The molecule has 2 spiro atoms. The normalized spacial score (nSPS) is 50.7. The van der Waals surface area contributed by atoms with Gasteiger partial charge in [0.05, 0.1) is 26.6 Å². The van der Waals surface area contributed by atoms with E-state index in [0.29, 0.717) is 19.3 Å². The Kier molecular flexibility index (Phi) is 7.15. The number of Topliss-reactive ketones (excluding diaryl/α,β-unsaturated/α-hetero) is 1. The number of hydrogen-bond donors (Lipinski definition) is 3. The molecule has 12 heteroatoms. The molecule has 2 saturated heterocycles. The third-order valence-corrected chi connectivity index (χ3v) is 9.62. The predicted molar refractivity (Wildman–Crippen MR) is 97.1 cm³/mol. The van der Waals surface area contributed by atoms with Crippen LogP contribution in [0.1, 0.15) is 39.5 Å². The van der Waals surface area contributed by atoms with E-state index in [4.69, 9.17) is 9.26 Å². The first kappa shape index (κ1) is 27.9. The van der Waals surface area contributed by atoms with Crippen LogP contribution in [-0.4, -0.2) is 51.8 Å². The van der Waals surface area contributed by atoms with Crippen molar-refractivity contribution in [2.75, 3.05) is 6.61 Å². The van der Waals surface area contributed by atoms with E-state index >= 15 is 0 Å². The molecule has 4 saturated carbocycles. The first-order chi connectivity index (χ1) is 13.7. The molecule has 9 nitrogen and oxygen atoms in total. The molecule has 0 aromatic rings. The zero-order valence-corrected chi connectivity index (χ0v) is 23.8. The van der Waals surface area contributed by atoms with E-state index in [1.165, 1.54) is 0 Å². The van der Waals surface area contributed by atoms with Crippen LogP contribution in [-0.2, 0) is 18.6 Å². The second-order valence-electron chi connectivity index (χ2n) is 10.5. The van der Waals surface area contributed by atoms with Crippen molar-refractivity contribution >= 4 is 13.6 Å². The maximum Gasteiger partial charge on any atom is 1.00 e. The van der Waals surface area contributed by atoms with Crippen LogP contribution in [0.4, 0.5) is 0 Å². The van der Waals surface area contributed by atoms with E-state index < -0.39 is 71.7 Å². The molecule has 0 radical (unpaired) electrons. The topological polar surface area (TPSA) is 159 Å². The summed E-state index contributed by atoms with van der Waals surface area (Å²) in [6, 6.07) is 0. The van der Waals surface area contributed by atoms with Gasteiger partial charge in [0.2, 0.25) is 5.79 Å². The van der Waals surface area contributed by atoms with Gasteiger partial charge in [0, 0.05) is 17.3 Å². The second kappa shape index (κ2) is 8.18. The smallest absolute Gasteiger partial charge is 0.790 e. The van der Waals surface area contributed by atoms with E-state index in [9.17, 15) is 34.5 Å².